The number of hydrogen-bond donors (Lipinski definition) is 0. The van der Waals surface area contributed by atoms with E-state index in [0.29, 0.717) is 44.9 Å². The van der Waals surface area contributed by atoms with Gasteiger partial charge in [0.05, 0.1) is 24.3 Å². The van der Waals surface area contributed by atoms with Crippen molar-refractivity contribution in [1.29, 1.82) is 0 Å². The zero-order chi connectivity index (χ0) is 18.9. The highest BCUT2D eigenvalue weighted by Gasteiger charge is 2.41. The van der Waals surface area contributed by atoms with E-state index in [2.05, 4.69) is 4.98 Å². The minimum atomic E-state index is -0.338. The van der Waals surface area contributed by atoms with E-state index in [-0.39, 0.29) is 17.4 Å². The second-order valence-electron chi connectivity index (χ2n) is 7.38. The van der Waals surface area contributed by atoms with Crippen LogP contribution in [0, 0.1) is 0 Å². The number of aromatic nitrogens is 1. The lowest BCUT2D eigenvalue weighted by molar-refractivity contribution is -0.146. The number of pyridine rings is 1. The molecule has 0 bridgehead atoms. The molecule has 0 saturated carbocycles. The molecule has 6 nitrogen and oxygen atoms in total. The van der Waals surface area contributed by atoms with Gasteiger partial charge in [0, 0.05) is 31.4 Å². The molecule has 2 aromatic rings. The molecule has 3 heterocycles. The Hall–Kier alpha value is -2.47. The first-order valence-electron chi connectivity index (χ1n) is 9.67. The van der Waals surface area contributed by atoms with E-state index in [4.69, 9.17) is 4.74 Å². The molecule has 27 heavy (non-hydrogen) atoms. The number of ether oxygens (including phenoxy) is 1. The Kier molecular flexibility index (Phi) is 4.83. The molecule has 142 valence electrons. The van der Waals surface area contributed by atoms with Gasteiger partial charge in [-0.2, -0.15) is 0 Å². The fourth-order valence-electron chi connectivity index (χ4n) is 4.06. The van der Waals surface area contributed by atoms with Crippen LogP contribution >= 0.6 is 0 Å². The summed E-state index contributed by atoms with van der Waals surface area (Å²) in [5.74, 6) is 0.143. The molecule has 1 aromatic heterocycles. The second-order valence-corrected chi connectivity index (χ2v) is 7.38. The third-order valence-electron chi connectivity index (χ3n) is 5.68. The van der Waals surface area contributed by atoms with Crippen LogP contribution in [0.1, 0.15) is 36.7 Å². The molecule has 4 rings (SSSR count). The largest absolute Gasteiger partial charge is 0.371 e. The summed E-state index contributed by atoms with van der Waals surface area (Å²) in [6.45, 7) is 4.95. The first-order chi connectivity index (χ1) is 13.1. The molecule has 2 aliphatic rings. The summed E-state index contributed by atoms with van der Waals surface area (Å²) < 4.78 is 6.10. The van der Waals surface area contributed by atoms with Crippen LogP contribution in [0.3, 0.4) is 0 Å². The van der Waals surface area contributed by atoms with Gasteiger partial charge in [-0.25, -0.2) is 4.98 Å². The van der Waals surface area contributed by atoms with E-state index in [0.717, 1.165) is 23.7 Å². The molecular formula is C21H25N3O3. The third-order valence-corrected chi connectivity index (χ3v) is 5.68. The Balaban J connectivity index is 1.47. The van der Waals surface area contributed by atoms with Crippen LogP contribution in [-0.2, 0) is 9.53 Å². The van der Waals surface area contributed by atoms with Crippen molar-refractivity contribution >= 4 is 22.7 Å². The molecule has 2 aliphatic heterocycles. The summed E-state index contributed by atoms with van der Waals surface area (Å²) in [5, 5.41) is 1.03. The fourth-order valence-corrected chi connectivity index (χ4v) is 4.06. The number of carbonyl (C=O) groups is 2. The zero-order valence-corrected chi connectivity index (χ0v) is 15.7. The van der Waals surface area contributed by atoms with E-state index >= 15 is 0 Å². The van der Waals surface area contributed by atoms with Gasteiger partial charge in [0.1, 0.15) is 5.69 Å². The number of carbonyl (C=O) groups excluding carboxylic acids is 2. The maximum Gasteiger partial charge on any atom is 0.272 e. The minimum Gasteiger partial charge on any atom is -0.371 e. The molecule has 0 radical (unpaired) electrons. The van der Waals surface area contributed by atoms with Crippen molar-refractivity contribution in [1.82, 2.24) is 14.8 Å². The lowest BCUT2D eigenvalue weighted by atomic mass is 9.89. The SMILES string of the molecule is CCC(=O)N1CCC2(CC1)CN(C(=O)c1ccc3ccccc3n1)CCO2. The first kappa shape index (κ1) is 17.9. The predicted molar refractivity (Wildman–Crippen MR) is 102 cm³/mol. The van der Waals surface area contributed by atoms with Gasteiger partial charge in [-0.3, -0.25) is 9.59 Å². The molecule has 0 N–H and O–H groups in total. The number of benzene rings is 1. The Morgan fingerprint density at radius 2 is 1.85 bits per heavy atom. The summed E-state index contributed by atoms with van der Waals surface area (Å²) in [5.41, 5.74) is 0.969. The van der Waals surface area contributed by atoms with Crippen LogP contribution in [0.25, 0.3) is 10.9 Å². The monoisotopic (exact) mass is 367 g/mol. The quantitative estimate of drug-likeness (QED) is 0.818. The molecule has 0 unspecified atom stereocenters. The molecule has 2 amide bonds. The van der Waals surface area contributed by atoms with Crippen molar-refractivity contribution in [3.05, 3.63) is 42.1 Å². The maximum absolute atomic E-state index is 13.0. The van der Waals surface area contributed by atoms with Crippen molar-refractivity contribution in [2.24, 2.45) is 0 Å². The van der Waals surface area contributed by atoms with Gasteiger partial charge < -0.3 is 14.5 Å². The standard InChI is InChI=1S/C21H25N3O3/c1-2-19(25)23-11-9-21(10-12-23)15-24(13-14-27-21)20(26)18-8-7-16-5-3-4-6-17(16)22-18/h3-8H,2,9-15H2,1H3. The number of amides is 2. The van der Waals surface area contributed by atoms with E-state index in [1.54, 1.807) is 6.07 Å². The number of para-hydroxylation sites is 1. The van der Waals surface area contributed by atoms with E-state index in [1.807, 2.05) is 47.1 Å². The van der Waals surface area contributed by atoms with Crippen molar-refractivity contribution in [3.63, 3.8) is 0 Å². The highest BCUT2D eigenvalue weighted by Crippen LogP contribution is 2.31. The van der Waals surface area contributed by atoms with Crippen LogP contribution in [0.4, 0.5) is 0 Å². The first-order valence-corrected chi connectivity index (χ1v) is 9.67. The normalized spacial score (nSPS) is 19.4. The van der Waals surface area contributed by atoms with E-state index in [9.17, 15) is 9.59 Å². The van der Waals surface area contributed by atoms with Gasteiger partial charge in [-0.05, 0) is 25.0 Å². The predicted octanol–water partition coefficient (Wildman–Crippen LogP) is 2.48. The minimum absolute atomic E-state index is 0.0458. The van der Waals surface area contributed by atoms with Gasteiger partial charge in [-0.15, -0.1) is 0 Å². The van der Waals surface area contributed by atoms with E-state index in [1.165, 1.54) is 0 Å². The average molecular weight is 367 g/mol. The summed E-state index contributed by atoms with van der Waals surface area (Å²) in [7, 11) is 0. The fraction of sp³-hybridized carbons (Fsp3) is 0.476. The smallest absolute Gasteiger partial charge is 0.272 e. The van der Waals surface area contributed by atoms with Crippen LogP contribution in [0.15, 0.2) is 36.4 Å². The average Bonchev–Trinajstić information content (AvgIpc) is 2.73. The van der Waals surface area contributed by atoms with Crippen LogP contribution in [0.5, 0.6) is 0 Å². The second kappa shape index (κ2) is 7.27. The summed E-state index contributed by atoms with van der Waals surface area (Å²) >= 11 is 0. The van der Waals surface area contributed by atoms with E-state index < -0.39 is 0 Å². The highest BCUT2D eigenvalue weighted by molar-refractivity contribution is 5.95. The third kappa shape index (κ3) is 3.54. The molecule has 1 aromatic carbocycles. The number of morpholine rings is 1. The molecule has 6 heteroatoms. The zero-order valence-electron chi connectivity index (χ0n) is 15.7. The number of likely N-dealkylation sites (tertiary alicyclic amines) is 1. The lowest BCUT2D eigenvalue weighted by Crippen LogP contribution is -2.58. The molecule has 2 saturated heterocycles. The van der Waals surface area contributed by atoms with Crippen LogP contribution in [-0.4, -0.2) is 65.0 Å². The van der Waals surface area contributed by atoms with Crippen LogP contribution in [0.2, 0.25) is 0 Å². The van der Waals surface area contributed by atoms with Gasteiger partial charge in [0.2, 0.25) is 5.91 Å². The maximum atomic E-state index is 13.0. The molecule has 0 aliphatic carbocycles. The summed E-state index contributed by atoms with van der Waals surface area (Å²) in [6, 6.07) is 11.6. The number of hydrogen-bond acceptors (Lipinski definition) is 4. The van der Waals surface area contributed by atoms with Crippen molar-refractivity contribution in [2.75, 3.05) is 32.8 Å². The van der Waals surface area contributed by atoms with Gasteiger partial charge >= 0.3 is 0 Å². The Morgan fingerprint density at radius 3 is 2.63 bits per heavy atom. The number of rotatable bonds is 2. The Morgan fingerprint density at radius 1 is 1.07 bits per heavy atom. The van der Waals surface area contributed by atoms with Crippen LogP contribution < -0.4 is 0 Å². The summed E-state index contributed by atoms with van der Waals surface area (Å²) in [4.78, 5) is 33.3. The van der Waals surface area contributed by atoms with Crippen molar-refractivity contribution in [3.8, 4) is 0 Å². The van der Waals surface area contributed by atoms with Gasteiger partial charge in [0.15, 0.2) is 0 Å². The topological polar surface area (TPSA) is 62.7 Å². The molecule has 0 atom stereocenters. The summed E-state index contributed by atoms with van der Waals surface area (Å²) in [6.07, 6.45) is 2.08. The lowest BCUT2D eigenvalue weighted by Gasteiger charge is -2.47. The highest BCUT2D eigenvalue weighted by atomic mass is 16.5. The number of fused-ring (bicyclic) bond motifs is 1. The van der Waals surface area contributed by atoms with Gasteiger partial charge in [0.25, 0.3) is 5.91 Å². The number of piperidine rings is 1. The van der Waals surface area contributed by atoms with Gasteiger partial charge in [-0.1, -0.05) is 31.2 Å². The number of nitrogens with zero attached hydrogens (tertiary/aromatic N) is 3. The van der Waals surface area contributed by atoms with Crippen molar-refractivity contribution < 1.29 is 14.3 Å². The molecule has 2 fully saturated rings. The molecular weight excluding hydrogens is 342 g/mol. The van der Waals surface area contributed by atoms with Crippen molar-refractivity contribution in [2.45, 2.75) is 31.8 Å². The molecule has 1 spiro atoms. The Labute approximate surface area is 159 Å². The Bertz CT molecular complexity index is 859.